The largest absolute Gasteiger partial charge is 0.480 e. The Kier molecular flexibility index (Phi) is 8.06. The molecule has 0 saturated heterocycles. The monoisotopic (exact) mass is 454 g/mol. The number of benzene rings is 2. The van der Waals surface area contributed by atoms with E-state index < -0.39 is 30.1 Å². The molecule has 0 fully saturated rings. The Morgan fingerprint density at radius 2 is 1.58 bits per heavy atom. The molecule has 2 aromatic carbocycles. The molecule has 3 atom stereocenters. The number of nitrogens with one attached hydrogen (secondary N) is 2. The molecule has 8 nitrogen and oxygen atoms in total. The number of carbonyl (C=O) groups is 3. The fraction of sp³-hybridized carbons (Fsp3) is 0.400. The highest BCUT2D eigenvalue weighted by Gasteiger charge is 2.32. The van der Waals surface area contributed by atoms with Crippen LogP contribution in [0, 0.1) is 5.92 Å². The maximum Gasteiger partial charge on any atom is 0.407 e. The summed E-state index contributed by atoms with van der Waals surface area (Å²) < 4.78 is 5.53. The van der Waals surface area contributed by atoms with Gasteiger partial charge in [0.15, 0.2) is 0 Å². The highest BCUT2D eigenvalue weighted by Crippen LogP contribution is 2.44. The van der Waals surface area contributed by atoms with E-state index in [-0.39, 0.29) is 31.5 Å². The minimum atomic E-state index is -1.25. The smallest absolute Gasteiger partial charge is 0.407 e. The normalized spacial score (nSPS) is 15.0. The first-order valence-electron chi connectivity index (χ1n) is 11.1. The Labute approximate surface area is 193 Å². The molecule has 0 spiro atoms. The quantitative estimate of drug-likeness (QED) is 0.438. The second kappa shape index (κ2) is 11.0. The molecule has 0 aromatic heterocycles. The van der Waals surface area contributed by atoms with Crippen LogP contribution in [0.5, 0.6) is 0 Å². The number of carboxylic acids is 1. The molecule has 3 rings (SSSR count). The lowest BCUT2D eigenvalue weighted by molar-refractivity contribution is -0.142. The number of hydrogen-bond donors (Lipinski definition) is 4. The van der Waals surface area contributed by atoms with Crippen molar-refractivity contribution in [3.63, 3.8) is 0 Å². The Morgan fingerprint density at radius 3 is 2.09 bits per heavy atom. The lowest BCUT2D eigenvalue weighted by atomic mass is 9.97. The SMILES string of the molecule is CCC(C)C(NC(=O)OCC1c2ccccc2-c2ccccc21)C(=O)N[C@@H](CCO)C(=O)O. The highest BCUT2D eigenvalue weighted by atomic mass is 16.5. The molecular formula is C25H30N2O6. The molecule has 4 N–H and O–H groups in total. The Hall–Kier alpha value is -3.39. The molecule has 0 saturated carbocycles. The standard InChI is InChI=1S/C25H30N2O6/c1-3-15(2)22(23(29)26-21(12-13-28)24(30)31)27-25(32)33-14-20-18-10-6-4-8-16(18)17-9-5-7-11-19(17)20/h4-11,15,20-22,28H,3,12-14H2,1-2H3,(H,26,29)(H,27,32)(H,30,31)/t15?,21-,22?/m0/s1. The molecule has 0 bridgehead atoms. The van der Waals surface area contributed by atoms with Crippen LogP contribution < -0.4 is 10.6 Å². The van der Waals surface area contributed by atoms with Gasteiger partial charge in [-0.2, -0.15) is 0 Å². The van der Waals surface area contributed by atoms with Crippen LogP contribution in [-0.2, 0) is 14.3 Å². The van der Waals surface area contributed by atoms with E-state index in [1.165, 1.54) is 0 Å². The van der Waals surface area contributed by atoms with Crippen LogP contribution in [0.4, 0.5) is 4.79 Å². The van der Waals surface area contributed by atoms with E-state index in [0.29, 0.717) is 6.42 Å². The van der Waals surface area contributed by atoms with Crippen LogP contribution >= 0.6 is 0 Å². The minimum Gasteiger partial charge on any atom is -0.480 e. The first-order valence-corrected chi connectivity index (χ1v) is 11.1. The molecule has 0 aliphatic heterocycles. The lowest BCUT2D eigenvalue weighted by Gasteiger charge is -2.25. The maximum atomic E-state index is 12.7. The van der Waals surface area contributed by atoms with Gasteiger partial charge in [-0.25, -0.2) is 9.59 Å². The van der Waals surface area contributed by atoms with Gasteiger partial charge in [0, 0.05) is 18.9 Å². The van der Waals surface area contributed by atoms with Crippen molar-refractivity contribution in [2.45, 2.75) is 44.7 Å². The number of amides is 2. The number of aliphatic hydroxyl groups is 1. The average molecular weight is 455 g/mol. The fourth-order valence-electron chi connectivity index (χ4n) is 4.12. The number of rotatable bonds is 10. The van der Waals surface area contributed by atoms with Gasteiger partial charge in [0.1, 0.15) is 18.7 Å². The fourth-order valence-corrected chi connectivity index (χ4v) is 4.12. The summed E-state index contributed by atoms with van der Waals surface area (Å²) in [6, 6.07) is 13.8. The van der Waals surface area contributed by atoms with Crippen molar-refractivity contribution in [2.24, 2.45) is 5.92 Å². The summed E-state index contributed by atoms with van der Waals surface area (Å²) in [6.45, 7) is 3.38. The molecular weight excluding hydrogens is 424 g/mol. The topological polar surface area (TPSA) is 125 Å². The summed E-state index contributed by atoms with van der Waals surface area (Å²) in [4.78, 5) is 36.7. The number of alkyl carbamates (subject to hydrolysis) is 1. The van der Waals surface area contributed by atoms with Crippen molar-refractivity contribution >= 4 is 18.0 Å². The third-order valence-corrected chi connectivity index (χ3v) is 6.14. The Bertz CT molecular complexity index is 962. The van der Waals surface area contributed by atoms with Crippen molar-refractivity contribution in [1.82, 2.24) is 10.6 Å². The van der Waals surface area contributed by atoms with E-state index in [2.05, 4.69) is 10.6 Å². The van der Waals surface area contributed by atoms with Crippen LogP contribution in [0.1, 0.15) is 43.7 Å². The van der Waals surface area contributed by atoms with Gasteiger partial charge in [-0.05, 0) is 28.2 Å². The first kappa shape index (κ1) is 24.3. The molecule has 8 heteroatoms. The molecule has 2 aromatic rings. The van der Waals surface area contributed by atoms with Crippen molar-refractivity contribution in [2.75, 3.05) is 13.2 Å². The number of hydrogen-bond acceptors (Lipinski definition) is 5. The zero-order valence-corrected chi connectivity index (χ0v) is 18.8. The van der Waals surface area contributed by atoms with Gasteiger partial charge in [-0.3, -0.25) is 4.79 Å². The summed E-state index contributed by atoms with van der Waals surface area (Å²) in [5.41, 5.74) is 4.39. The predicted octanol–water partition coefficient (Wildman–Crippen LogP) is 2.89. The van der Waals surface area contributed by atoms with Crippen molar-refractivity contribution in [3.8, 4) is 11.1 Å². The number of fused-ring (bicyclic) bond motifs is 3. The zero-order chi connectivity index (χ0) is 24.0. The molecule has 2 unspecified atom stereocenters. The first-order chi connectivity index (χ1) is 15.9. The summed E-state index contributed by atoms with van der Waals surface area (Å²) in [7, 11) is 0. The van der Waals surface area contributed by atoms with Crippen molar-refractivity contribution < 1.29 is 29.3 Å². The number of aliphatic hydroxyl groups excluding tert-OH is 1. The predicted molar refractivity (Wildman–Crippen MR) is 123 cm³/mol. The molecule has 0 radical (unpaired) electrons. The second-order valence-corrected chi connectivity index (χ2v) is 8.24. The van der Waals surface area contributed by atoms with Crippen LogP contribution in [0.2, 0.25) is 0 Å². The van der Waals surface area contributed by atoms with Gasteiger partial charge in [-0.15, -0.1) is 0 Å². The summed E-state index contributed by atoms with van der Waals surface area (Å²) in [5.74, 6) is -2.24. The average Bonchev–Trinajstić information content (AvgIpc) is 3.14. The number of aliphatic carboxylic acids is 1. The van der Waals surface area contributed by atoms with E-state index >= 15 is 0 Å². The number of carboxylic acid groups (broad SMARTS) is 1. The van der Waals surface area contributed by atoms with Gasteiger partial charge in [0.2, 0.25) is 5.91 Å². The third kappa shape index (κ3) is 5.51. The van der Waals surface area contributed by atoms with Crippen molar-refractivity contribution in [3.05, 3.63) is 59.7 Å². The van der Waals surface area contributed by atoms with E-state index in [1.54, 1.807) is 6.92 Å². The molecule has 176 valence electrons. The summed E-state index contributed by atoms with van der Waals surface area (Å²) in [5, 5.41) is 23.3. The van der Waals surface area contributed by atoms with Gasteiger partial charge >= 0.3 is 12.1 Å². The van der Waals surface area contributed by atoms with E-state index in [1.807, 2.05) is 55.5 Å². The van der Waals surface area contributed by atoms with E-state index in [4.69, 9.17) is 9.84 Å². The maximum absolute atomic E-state index is 12.7. The summed E-state index contributed by atoms with van der Waals surface area (Å²) >= 11 is 0. The minimum absolute atomic E-state index is 0.108. The second-order valence-electron chi connectivity index (χ2n) is 8.24. The lowest BCUT2D eigenvalue weighted by Crippen LogP contribution is -2.54. The van der Waals surface area contributed by atoms with Gasteiger partial charge < -0.3 is 25.6 Å². The Balaban J connectivity index is 1.68. The van der Waals surface area contributed by atoms with E-state index in [0.717, 1.165) is 22.3 Å². The Morgan fingerprint density at radius 1 is 1.00 bits per heavy atom. The molecule has 1 aliphatic carbocycles. The van der Waals surface area contributed by atoms with Crippen molar-refractivity contribution in [1.29, 1.82) is 0 Å². The van der Waals surface area contributed by atoms with Gasteiger partial charge in [0.25, 0.3) is 0 Å². The van der Waals surface area contributed by atoms with Gasteiger partial charge in [0.05, 0.1) is 0 Å². The third-order valence-electron chi connectivity index (χ3n) is 6.14. The highest BCUT2D eigenvalue weighted by molar-refractivity contribution is 5.89. The van der Waals surface area contributed by atoms with Crippen LogP contribution in [0.15, 0.2) is 48.5 Å². The molecule has 1 aliphatic rings. The van der Waals surface area contributed by atoms with Crippen LogP contribution in [0.25, 0.3) is 11.1 Å². The molecule has 2 amide bonds. The number of ether oxygens (including phenoxy) is 1. The molecule has 33 heavy (non-hydrogen) atoms. The van der Waals surface area contributed by atoms with Crippen LogP contribution in [0.3, 0.4) is 0 Å². The van der Waals surface area contributed by atoms with E-state index in [9.17, 15) is 19.5 Å². The van der Waals surface area contributed by atoms with Gasteiger partial charge in [-0.1, -0.05) is 68.8 Å². The van der Waals surface area contributed by atoms with Crippen LogP contribution in [-0.4, -0.2) is 53.5 Å². The summed E-state index contributed by atoms with van der Waals surface area (Å²) in [6.07, 6.45) is -0.287. The number of carbonyl (C=O) groups excluding carboxylic acids is 2. The molecule has 0 heterocycles. The zero-order valence-electron chi connectivity index (χ0n) is 18.8.